The second-order valence-corrected chi connectivity index (χ2v) is 9.92. The summed E-state index contributed by atoms with van der Waals surface area (Å²) in [5, 5.41) is 4.62. The SMILES string of the molecule is CN(C)CCCN1C[C@@]2(CCCC3=Cc4c(cnn4-c4ccc(F)cc4)C[C@@]32C)OC1=O. The minimum absolute atomic E-state index is 0.181. The maximum absolute atomic E-state index is 13.4. The van der Waals surface area contributed by atoms with Gasteiger partial charge in [0.1, 0.15) is 11.4 Å². The first-order valence-electron chi connectivity index (χ1n) is 11.5. The third-order valence-electron chi connectivity index (χ3n) is 7.57. The van der Waals surface area contributed by atoms with Crippen LogP contribution in [0.3, 0.4) is 0 Å². The summed E-state index contributed by atoms with van der Waals surface area (Å²) in [4.78, 5) is 16.9. The minimum Gasteiger partial charge on any atom is -0.440 e. The van der Waals surface area contributed by atoms with Crippen molar-refractivity contribution in [2.75, 3.05) is 33.7 Å². The Labute approximate surface area is 188 Å². The van der Waals surface area contributed by atoms with Crippen LogP contribution >= 0.6 is 0 Å². The molecular formula is C25H31FN4O2. The summed E-state index contributed by atoms with van der Waals surface area (Å²) in [6.45, 7) is 4.58. The lowest BCUT2D eigenvalue weighted by Gasteiger charge is -2.51. The molecule has 1 saturated carbocycles. The Balaban J connectivity index is 1.44. The number of fused-ring (bicyclic) bond motifs is 3. The first kappa shape index (κ1) is 21.2. The van der Waals surface area contributed by atoms with Gasteiger partial charge in [-0.05, 0) is 88.6 Å². The number of aromatic nitrogens is 2. The lowest BCUT2D eigenvalue weighted by atomic mass is 9.57. The van der Waals surface area contributed by atoms with Crippen LogP contribution in [0.15, 0.2) is 36.0 Å². The molecular weight excluding hydrogens is 407 g/mol. The number of ether oxygens (including phenoxy) is 1. The van der Waals surface area contributed by atoms with Gasteiger partial charge in [0.15, 0.2) is 0 Å². The van der Waals surface area contributed by atoms with E-state index >= 15 is 0 Å². The molecule has 2 atom stereocenters. The first-order chi connectivity index (χ1) is 15.3. The number of amides is 1. The van der Waals surface area contributed by atoms with E-state index in [2.05, 4.69) is 37.1 Å². The van der Waals surface area contributed by atoms with Gasteiger partial charge in [-0.3, -0.25) is 0 Å². The highest BCUT2D eigenvalue weighted by atomic mass is 19.1. The monoisotopic (exact) mass is 438 g/mol. The molecule has 0 N–H and O–H groups in total. The molecule has 0 bridgehead atoms. The quantitative estimate of drug-likeness (QED) is 0.699. The second kappa shape index (κ2) is 7.73. The number of hydrogen-bond donors (Lipinski definition) is 0. The van der Waals surface area contributed by atoms with Gasteiger partial charge in [0.2, 0.25) is 0 Å². The number of nitrogens with zero attached hydrogens (tertiary/aromatic N) is 4. The second-order valence-electron chi connectivity index (χ2n) is 9.92. The molecule has 7 heteroatoms. The van der Waals surface area contributed by atoms with Gasteiger partial charge in [0, 0.05) is 12.0 Å². The zero-order valence-corrected chi connectivity index (χ0v) is 19.1. The van der Waals surface area contributed by atoms with Crippen LogP contribution in [0.5, 0.6) is 0 Å². The van der Waals surface area contributed by atoms with Crippen LogP contribution in [-0.4, -0.2) is 65.0 Å². The maximum atomic E-state index is 13.4. The fourth-order valence-electron chi connectivity index (χ4n) is 5.73. The van der Waals surface area contributed by atoms with E-state index in [0.29, 0.717) is 6.54 Å². The zero-order valence-electron chi connectivity index (χ0n) is 19.1. The van der Waals surface area contributed by atoms with Crippen molar-refractivity contribution >= 4 is 12.2 Å². The summed E-state index contributed by atoms with van der Waals surface area (Å²) < 4.78 is 21.5. The van der Waals surface area contributed by atoms with E-state index < -0.39 is 5.60 Å². The predicted octanol–water partition coefficient (Wildman–Crippen LogP) is 4.28. The van der Waals surface area contributed by atoms with Crippen molar-refractivity contribution < 1.29 is 13.9 Å². The van der Waals surface area contributed by atoms with Crippen LogP contribution < -0.4 is 0 Å². The molecule has 5 rings (SSSR count). The Morgan fingerprint density at radius 2 is 2.03 bits per heavy atom. The average Bonchev–Trinajstić information content (AvgIpc) is 3.29. The van der Waals surface area contributed by atoms with E-state index in [-0.39, 0.29) is 17.3 Å². The van der Waals surface area contributed by atoms with Crippen LogP contribution in [0.25, 0.3) is 11.8 Å². The van der Waals surface area contributed by atoms with Gasteiger partial charge in [-0.2, -0.15) is 5.10 Å². The maximum Gasteiger partial charge on any atom is 0.410 e. The molecule has 3 aliphatic rings. The highest BCUT2D eigenvalue weighted by molar-refractivity contribution is 5.72. The molecule has 0 radical (unpaired) electrons. The molecule has 32 heavy (non-hydrogen) atoms. The van der Waals surface area contributed by atoms with Crippen molar-refractivity contribution in [1.82, 2.24) is 19.6 Å². The lowest BCUT2D eigenvalue weighted by Crippen LogP contribution is -2.55. The summed E-state index contributed by atoms with van der Waals surface area (Å²) >= 11 is 0. The van der Waals surface area contributed by atoms with Gasteiger partial charge in [0.05, 0.1) is 24.1 Å². The van der Waals surface area contributed by atoms with Crippen LogP contribution in [0.2, 0.25) is 0 Å². The number of halogens is 1. The van der Waals surface area contributed by atoms with Crippen LogP contribution in [-0.2, 0) is 11.2 Å². The van der Waals surface area contributed by atoms with Gasteiger partial charge in [-0.25, -0.2) is 13.9 Å². The largest absolute Gasteiger partial charge is 0.440 e. The third kappa shape index (κ3) is 3.34. The molecule has 1 amide bonds. The normalized spacial score (nSPS) is 26.8. The molecule has 1 aliphatic heterocycles. The smallest absolute Gasteiger partial charge is 0.410 e. The highest BCUT2D eigenvalue weighted by Crippen LogP contribution is 2.56. The number of hydrogen-bond acceptors (Lipinski definition) is 4. The molecule has 6 nitrogen and oxygen atoms in total. The van der Waals surface area contributed by atoms with Crippen molar-refractivity contribution in [3.63, 3.8) is 0 Å². The Morgan fingerprint density at radius 1 is 1.25 bits per heavy atom. The number of carbonyl (C=O) groups is 1. The summed E-state index contributed by atoms with van der Waals surface area (Å²) in [7, 11) is 4.10. The van der Waals surface area contributed by atoms with Crippen LogP contribution in [0.1, 0.15) is 43.9 Å². The van der Waals surface area contributed by atoms with Gasteiger partial charge >= 0.3 is 6.09 Å². The van der Waals surface area contributed by atoms with Crippen molar-refractivity contribution in [3.8, 4) is 5.69 Å². The summed E-state index contributed by atoms with van der Waals surface area (Å²) in [5.41, 5.74) is 3.61. The van der Waals surface area contributed by atoms with E-state index in [0.717, 1.165) is 62.1 Å². The van der Waals surface area contributed by atoms with Crippen molar-refractivity contribution in [1.29, 1.82) is 0 Å². The molecule has 2 aromatic rings. The van der Waals surface area contributed by atoms with Gasteiger partial charge in [0.25, 0.3) is 0 Å². The van der Waals surface area contributed by atoms with Crippen LogP contribution in [0, 0.1) is 11.2 Å². The molecule has 2 fully saturated rings. The van der Waals surface area contributed by atoms with Crippen molar-refractivity contribution in [2.24, 2.45) is 5.41 Å². The molecule has 0 unspecified atom stereocenters. The van der Waals surface area contributed by atoms with Gasteiger partial charge < -0.3 is 14.5 Å². The van der Waals surface area contributed by atoms with Crippen molar-refractivity contribution in [3.05, 3.63) is 53.1 Å². The zero-order chi connectivity index (χ0) is 22.5. The fraction of sp³-hybridized carbons (Fsp3) is 0.520. The average molecular weight is 439 g/mol. The third-order valence-corrected chi connectivity index (χ3v) is 7.57. The topological polar surface area (TPSA) is 50.6 Å². The number of benzene rings is 1. The standard InChI is InChI=1S/C25H31FN4O2/c1-24-15-18-16-27-30(21-9-7-20(26)8-10-21)22(18)14-19(24)6-4-11-25(24)17-29(23(31)32-25)13-5-12-28(2)3/h7-10,14,16H,4-6,11-13,15,17H2,1-3H3/t24-,25+/m0/s1. The van der Waals surface area contributed by atoms with Gasteiger partial charge in [-0.1, -0.05) is 12.5 Å². The Hall–Kier alpha value is -2.67. The Morgan fingerprint density at radius 3 is 2.78 bits per heavy atom. The molecule has 1 saturated heterocycles. The molecule has 1 spiro atoms. The number of rotatable bonds is 5. The molecule has 2 aliphatic carbocycles. The molecule has 1 aromatic carbocycles. The van der Waals surface area contributed by atoms with E-state index in [1.807, 2.05) is 15.8 Å². The van der Waals surface area contributed by atoms with E-state index in [9.17, 15) is 9.18 Å². The summed E-state index contributed by atoms with van der Waals surface area (Å²) in [6.07, 6.45) is 8.56. The Bertz CT molecular complexity index is 1060. The van der Waals surface area contributed by atoms with Crippen LogP contribution in [0.4, 0.5) is 9.18 Å². The van der Waals surface area contributed by atoms with E-state index in [1.165, 1.54) is 17.7 Å². The minimum atomic E-state index is -0.498. The molecule has 2 heterocycles. The molecule has 170 valence electrons. The Kier molecular flexibility index (Phi) is 5.12. The molecule has 1 aromatic heterocycles. The van der Waals surface area contributed by atoms with Crippen molar-refractivity contribution in [2.45, 2.75) is 44.6 Å². The predicted molar refractivity (Wildman–Crippen MR) is 121 cm³/mol. The first-order valence-corrected chi connectivity index (χ1v) is 11.5. The van der Waals surface area contributed by atoms with E-state index in [4.69, 9.17) is 4.74 Å². The summed E-state index contributed by atoms with van der Waals surface area (Å²) in [6, 6.07) is 6.42. The van der Waals surface area contributed by atoms with Gasteiger partial charge in [-0.15, -0.1) is 0 Å². The number of carbonyl (C=O) groups excluding carboxylic acids is 1. The summed E-state index contributed by atoms with van der Waals surface area (Å²) in [5.74, 6) is -0.256. The van der Waals surface area contributed by atoms with E-state index in [1.54, 1.807) is 12.1 Å². The highest BCUT2D eigenvalue weighted by Gasteiger charge is 2.60. The fourth-order valence-corrected chi connectivity index (χ4v) is 5.73. The lowest BCUT2D eigenvalue weighted by molar-refractivity contribution is -0.0524.